The van der Waals surface area contributed by atoms with Gasteiger partial charge in [0.1, 0.15) is 5.03 Å². The molecule has 1 aromatic heterocycles. The number of aromatic nitrogens is 2. The van der Waals surface area contributed by atoms with Crippen LogP contribution in [0.1, 0.15) is 0 Å². The number of hydrogen-bond donors (Lipinski definition) is 0. The Bertz CT molecular complexity index is 1030. The molecule has 0 fully saturated rings. The van der Waals surface area contributed by atoms with Crippen LogP contribution in [0.25, 0.3) is 21.8 Å². The highest BCUT2D eigenvalue weighted by Crippen LogP contribution is 2.34. The predicted molar refractivity (Wildman–Crippen MR) is 97.6 cm³/mol. The lowest BCUT2D eigenvalue weighted by Crippen LogP contribution is -1.88. The van der Waals surface area contributed by atoms with Gasteiger partial charge in [-0.1, -0.05) is 59.2 Å². The summed E-state index contributed by atoms with van der Waals surface area (Å²) in [5.41, 5.74) is 1.75. The van der Waals surface area contributed by atoms with Crippen LogP contribution in [0.3, 0.4) is 0 Å². The summed E-state index contributed by atoms with van der Waals surface area (Å²) in [5.74, 6) is 0. The van der Waals surface area contributed by atoms with Crippen LogP contribution in [0.15, 0.2) is 70.7 Å². The van der Waals surface area contributed by atoms with E-state index in [1.54, 1.807) is 18.3 Å². The van der Waals surface area contributed by atoms with Gasteiger partial charge < -0.3 is 0 Å². The first-order valence-corrected chi connectivity index (χ1v) is 8.55. The summed E-state index contributed by atoms with van der Waals surface area (Å²) in [7, 11) is 0. The van der Waals surface area contributed by atoms with Gasteiger partial charge in [-0.25, -0.2) is 4.98 Å². The molecule has 0 spiro atoms. The van der Waals surface area contributed by atoms with Crippen molar-refractivity contribution in [1.82, 2.24) is 9.97 Å². The summed E-state index contributed by atoms with van der Waals surface area (Å²) in [6, 6.07) is 17.7. The van der Waals surface area contributed by atoms with Gasteiger partial charge in [0.2, 0.25) is 0 Å². The molecule has 112 valence electrons. The molecule has 0 radical (unpaired) electrons. The van der Waals surface area contributed by atoms with Crippen LogP contribution in [0.2, 0.25) is 10.0 Å². The zero-order valence-corrected chi connectivity index (χ0v) is 14.2. The first kappa shape index (κ1) is 14.8. The van der Waals surface area contributed by atoms with E-state index in [9.17, 15) is 0 Å². The normalized spacial score (nSPS) is 11.2. The Hall–Kier alpha value is -1.81. The standard InChI is InChI=1S/C18H10Cl2N2S/c19-13-5-6-14(20)17(9-13)23-18-10-21-15-7-11-3-1-2-4-12(11)8-16(15)22-18/h1-10H. The maximum atomic E-state index is 6.21. The predicted octanol–water partition coefficient (Wildman–Crippen LogP) is 6.24. The van der Waals surface area contributed by atoms with Crippen LogP contribution < -0.4 is 0 Å². The van der Waals surface area contributed by atoms with Crippen LogP contribution in [0.4, 0.5) is 0 Å². The maximum Gasteiger partial charge on any atom is 0.120 e. The molecule has 0 atom stereocenters. The quantitative estimate of drug-likeness (QED) is 0.397. The summed E-state index contributed by atoms with van der Waals surface area (Å²) in [6.45, 7) is 0. The van der Waals surface area contributed by atoms with Gasteiger partial charge in [0.15, 0.2) is 0 Å². The first-order chi connectivity index (χ1) is 11.2. The molecule has 0 saturated heterocycles. The van der Waals surface area contributed by atoms with Gasteiger partial charge in [-0.2, -0.15) is 0 Å². The molecule has 0 saturated carbocycles. The second-order valence-electron chi connectivity index (χ2n) is 5.07. The fourth-order valence-electron chi connectivity index (χ4n) is 2.40. The zero-order chi connectivity index (χ0) is 15.8. The summed E-state index contributed by atoms with van der Waals surface area (Å²) < 4.78 is 0. The minimum atomic E-state index is 0.650. The molecule has 4 aromatic rings. The molecule has 0 aliphatic rings. The largest absolute Gasteiger partial charge is 0.252 e. The van der Waals surface area contributed by atoms with Crippen molar-refractivity contribution in [2.45, 2.75) is 9.92 Å². The molecule has 23 heavy (non-hydrogen) atoms. The van der Waals surface area contributed by atoms with Gasteiger partial charge in [0, 0.05) is 9.92 Å². The highest BCUT2D eigenvalue weighted by Gasteiger charge is 2.07. The molecule has 5 heteroatoms. The smallest absolute Gasteiger partial charge is 0.120 e. The monoisotopic (exact) mass is 356 g/mol. The molecule has 0 amide bonds. The molecule has 0 N–H and O–H groups in total. The van der Waals surface area contributed by atoms with E-state index in [1.165, 1.54) is 11.8 Å². The lowest BCUT2D eigenvalue weighted by atomic mass is 10.1. The molecular weight excluding hydrogens is 347 g/mol. The lowest BCUT2D eigenvalue weighted by molar-refractivity contribution is 1.12. The van der Waals surface area contributed by atoms with Gasteiger partial charge in [0.05, 0.1) is 22.3 Å². The Morgan fingerprint density at radius 2 is 1.57 bits per heavy atom. The highest BCUT2D eigenvalue weighted by atomic mass is 35.5. The Kier molecular flexibility index (Phi) is 3.85. The molecule has 1 heterocycles. The van der Waals surface area contributed by atoms with E-state index < -0.39 is 0 Å². The summed E-state index contributed by atoms with van der Waals surface area (Å²) in [4.78, 5) is 10.1. The molecule has 3 aromatic carbocycles. The first-order valence-electron chi connectivity index (χ1n) is 6.97. The number of fused-ring (bicyclic) bond motifs is 2. The van der Waals surface area contributed by atoms with Crippen molar-refractivity contribution < 1.29 is 0 Å². The number of hydrogen-bond acceptors (Lipinski definition) is 3. The fraction of sp³-hybridized carbons (Fsp3) is 0. The summed E-state index contributed by atoms with van der Waals surface area (Å²) in [6.07, 6.45) is 1.76. The Labute approximate surface area is 147 Å². The minimum Gasteiger partial charge on any atom is -0.252 e. The Morgan fingerprint density at radius 3 is 2.35 bits per heavy atom. The van der Waals surface area contributed by atoms with E-state index in [1.807, 2.05) is 18.2 Å². The third-order valence-electron chi connectivity index (χ3n) is 3.50. The molecule has 0 aliphatic heterocycles. The van der Waals surface area contributed by atoms with Crippen molar-refractivity contribution >= 4 is 56.8 Å². The maximum absolute atomic E-state index is 6.21. The molecular formula is C18H10Cl2N2S. The third kappa shape index (κ3) is 3.00. The van der Waals surface area contributed by atoms with E-state index in [0.717, 1.165) is 31.7 Å². The van der Waals surface area contributed by atoms with E-state index in [2.05, 4.69) is 29.2 Å². The van der Waals surface area contributed by atoms with Crippen molar-refractivity contribution in [2.24, 2.45) is 0 Å². The van der Waals surface area contributed by atoms with Gasteiger partial charge in [-0.15, -0.1) is 0 Å². The molecule has 0 unspecified atom stereocenters. The van der Waals surface area contributed by atoms with Gasteiger partial charge in [-0.3, -0.25) is 4.98 Å². The van der Waals surface area contributed by atoms with Crippen LogP contribution in [0.5, 0.6) is 0 Å². The fourth-order valence-corrected chi connectivity index (χ4v) is 3.70. The number of halogens is 2. The minimum absolute atomic E-state index is 0.650. The summed E-state index contributed by atoms with van der Waals surface area (Å²) >= 11 is 13.7. The highest BCUT2D eigenvalue weighted by molar-refractivity contribution is 7.99. The van der Waals surface area contributed by atoms with E-state index >= 15 is 0 Å². The third-order valence-corrected chi connectivity index (χ3v) is 5.14. The Morgan fingerprint density at radius 1 is 0.826 bits per heavy atom. The zero-order valence-electron chi connectivity index (χ0n) is 11.8. The number of nitrogens with zero attached hydrogens (tertiary/aromatic N) is 2. The molecule has 0 aliphatic carbocycles. The van der Waals surface area contributed by atoms with Gasteiger partial charge >= 0.3 is 0 Å². The van der Waals surface area contributed by atoms with Crippen molar-refractivity contribution in [3.8, 4) is 0 Å². The summed E-state index contributed by atoms with van der Waals surface area (Å²) in [5, 5.41) is 4.40. The SMILES string of the molecule is Clc1ccc(Cl)c(Sc2cnc3cc4ccccc4cc3n2)c1. The van der Waals surface area contributed by atoms with Crippen LogP contribution in [-0.2, 0) is 0 Å². The second kappa shape index (κ2) is 6.00. The van der Waals surface area contributed by atoms with Crippen molar-refractivity contribution in [2.75, 3.05) is 0 Å². The number of rotatable bonds is 2. The molecule has 4 rings (SSSR count). The second-order valence-corrected chi connectivity index (χ2v) is 6.98. The van der Waals surface area contributed by atoms with Gasteiger partial charge in [-0.05, 0) is 41.1 Å². The van der Waals surface area contributed by atoms with Crippen molar-refractivity contribution in [1.29, 1.82) is 0 Å². The molecule has 0 bridgehead atoms. The average molecular weight is 357 g/mol. The topological polar surface area (TPSA) is 25.8 Å². The van der Waals surface area contributed by atoms with E-state index in [-0.39, 0.29) is 0 Å². The Balaban J connectivity index is 1.79. The van der Waals surface area contributed by atoms with E-state index in [4.69, 9.17) is 28.2 Å². The molecule has 2 nitrogen and oxygen atoms in total. The average Bonchev–Trinajstić information content (AvgIpc) is 2.56. The van der Waals surface area contributed by atoms with Crippen molar-refractivity contribution in [3.05, 3.63) is 70.8 Å². The lowest BCUT2D eigenvalue weighted by Gasteiger charge is -2.06. The van der Waals surface area contributed by atoms with Crippen LogP contribution >= 0.6 is 35.0 Å². The number of benzene rings is 3. The van der Waals surface area contributed by atoms with E-state index in [0.29, 0.717) is 10.0 Å². The van der Waals surface area contributed by atoms with Crippen molar-refractivity contribution in [3.63, 3.8) is 0 Å². The van der Waals surface area contributed by atoms with Crippen LogP contribution in [0, 0.1) is 0 Å². The van der Waals surface area contributed by atoms with Crippen LogP contribution in [-0.4, -0.2) is 9.97 Å². The van der Waals surface area contributed by atoms with Gasteiger partial charge in [0.25, 0.3) is 0 Å².